The molecule has 3 aliphatic rings. The maximum atomic E-state index is 16.0. The van der Waals surface area contributed by atoms with Gasteiger partial charge in [0.25, 0.3) is 5.56 Å². The monoisotopic (exact) mass is 1120 g/mol. The molecule has 0 saturated heterocycles. The number of aromatic nitrogens is 3. The van der Waals surface area contributed by atoms with E-state index >= 15 is 4.39 Å². The molecule has 78 heavy (non-hydrogen) atoms. The first-order valence-corrected chi connectivity index (χ1v) is 28.2. The molecule has 8 rings (SSSR count). The third-order valence-electron chi connectivity index (χ3n) is 13.3. The topological polar surface area (TPSA) is 300 Å². The highest BCUT2D eigenvalue weighted by Gasteiger charge is 2.46. The lowest BCUT2D eigenvalue weighted by atomic mass is 9.86. The third kappa shape index (κ3) is 12.9. The van der Waals surface area contributed by atoms with Gasteiger partial charge in [0.1, 0.15) is 30.1 Å². The Hall–Kier alpha value is -6.68. The maximum Gasteiger partial charge on any atom is 0.343 e. The first-order chi connectivity index (χ1) is 37.3. The van der Waals surface area contributed by atoms with Crippen molar-refractivity contribution in [3.8, 4) is 22.9 Å². The van der Waals surface area contributed by atoms with Crippen molar-refractivity contribution >= 4 is 77.6 Å². The number of halogens is 1. The van der Waals surface area contributed by atoms with Crippen molar-refractivity contribution in [3.05, 3.63) is 68.8 Å². The van der Waals surface area contributed by atoms with E-state index in [1.165, 1.54) is 11.5 Å². The molecule has 3 atom stereocenters. The molecule has 420 valence electrons. The number of thiazole rings is 1. The smallest absolute Gasteiger partial charge is 0.343 e. The van der Waals surface area contributed by atoms with Crippen molar-refractivity contribution in [2.45, 2.75) is 88.6 Å². The minimum atomic E-state index is -3.41. The summed E-state index contributed by atoms with van der Waals surface area (Å²) in [7, 11) is -3.41. The number of rotatable bonds is 27. The summed E-state index contributed by atoms with van der Waals surface area (Å²) < 4.78 is 80.6. The Bertz CT molecular complexity index is 3300. The minimum absolute atomic E-state index is 0.0237. The molecule has 0 unspecified atom stereocenters. The predicted octanol–water partition coefficient (Wildman–Crippen LogP) is 2.79. The number of carbonyl (C=O) groups excluding carboxylic acids is 5. The summed E-state index contributed by atoms with van der Waals surface area (Å²) in [6.07, 6.45) is 1.53. The zero-order valence-corrected chi connectivity index (χ0v) is 45.4. The second-order valence-corrected chi connectivity index (χ2v) is 22.3. The molecular formula is C52H62FN7O16S2. The predicted molar refractivity (Wildman–Crippen MR) is 280 cm³/mol. The summed E-state index contributed by atoms with van der Waals surface area (Å²) in [5.41, 5.74) is 0.573. The van der Waals surface area contributed by atoms with Gasteiger partial charge < -0.3 is 64.1 Å². The lowest BCUT2D eigenvalue weighted by molar-refractivity contribution is -0.172. The van der Waals surface area contributed by atoms with Gasteiger partial charge in [0.05, 0.1) is 112 Å². The van der Waals surface area contributed by atoms with Crippen molar-refractivity contribution in [1.29, 1.82) is 0 Å². The van der Waals surface area contributed by atoms with E-state index in [9.17, 15) is 42.3 Å². The molecule has 0 aliphatic carbocycles. The number of anilines is 1. The number of aliphatic hydroxyl groups is 1. The van der Waals surface area contributed by atoms with Crippen molar-refractivity contribution in [2.24, 2.45) is 5.92 Å². The molecule has 5 N–H and O–H groups in total. The molecule has 2 aromatic carbocycles. The number of benzene rings is 2. The van der Waals surface area contributed by atoms with E-state index in [4.69, 9.17) is 38.1 Å². The van der Waals surface area contributed by atoms with Gasteiger partial charge in [-0.25, -0.2) is 27.6 Å². The number of amides is 4. The summed E-state index contributed by atoms with van der Waals surface area (Å²) in [5, 5.41) is 22.4. The lowest BCUT2D eigenvalue weighted by Crippen LogP contribution is -2.53. The quantitative estimate of drug-likeness (QED) is 0.0366. The summed E-state index contributed by atoms with van der Waals surface area (Å²) in [4.78, 5) is 87.3. The van der Waals surface area contributed by atoms with E-state index < -0.39 is 62.6 Å². The number of hydrogen-bond acceptors (Lipinski definition) is 19. The average Bonchev–Trinajstić information content (AvgIpc) is 4.04. The Morgan fingerprint density at radius 3 is 2.23 bits per heavy atom. The number of fused-ring (bicyclic) bond motifs is 6. The molecule has 3 aliphatic heterocycles. The fourth-order valence-electron chi connectivity index (χ4n) is 9.11. The highest BCUT2D eigenvalue weighted by Crippen LogP contribution is 2.46. The Morgan fingerprint density at radius 2 is 1.54 bits per heavy atom. The van der Waals surface area contributed by atoms with E-state index in [1.54, 1.807) is 45.0 Å². The number of carbonyl (C=O) groups is 5. The Kier molecular flexibility index (Phi) is 18.4. The SMILES string of the molecule is CC[C@@]1(O)C(=O)OCc2c1cc1n(c2=O)Cc2c-1nc1cc(F)c(NC(=O)[C@H](C)NC(=O)[C@@H](NC(=O)CCOCCOCCOCCOCCNC(=O)CCOc3ccc4nc(S(C)(=O)=O)sc4c3)C(C)C)c3c1c2CCO3. The van der Waals surface area contributed by atoms with E-state index in [0.29, 0.717) is 77.7 Å². The molecule has 6 heterocycles. The number of hydrogen-bond donors (Lipinski definition) is 5. The van der Waals surface area contributed by atoms with Gasteiger partial charge in [-0.1, -0.05) is 20.8 Å². The first kappa shape index (κ1) is 57.5. The third-order valence-corrected chi connectivity index (χ3v) is 16.0. The van der Waals surface area contributed by atoms with E-state index in [0.717, 1.165) is 29.2 Å². The van der Waals surface area contributed by atoms with Crippen LogP contribution in [0.3, 0.4) is 0 Å². The fraction of sp³-hybridized carbons (Fsp3) is 0.500. The number of nitrogens with one attached hydrogen (secondary N) is 4. The molecule has 0 spiro atoms. The van der Waals surface area contributed by atoms with Gasteiger partial charge in [-0.3, -0.25) is 24.0 Å². The second-order valence-electron chi connectivity index (χ2n) is 19.1. The number of ether oxygens (including phenoxy) is 7. The standard InChI is InChI=1S/C52H62FN7O16S2/c1-6-52(67)34-24-38-44-32(26-60(38)49(65)33(34)27-76-50(52)66)31-9-14-75-46-42(31)37(56-44)25-35(53)45(46)59-47(63)29(4)55-48(64)43(28(2)3)58-41(62)10-13-70-17-19-72-21-22-73-20-18-71-16-12-54-40(61)11-15-74-30-7-8-36-39(23-30)77-51(57-36)78(5,68)69/h7-8,23-25,28-29,43,67H,6,9-22,26-27H2,1-5H3,(H,54,61)(H,55,64)(H,58,62)(H,59,63)/t29-,43-,52-/m0/s1. The van der Waals surface area contributed by atoms with Crippen LogP contribution in [0.15, 0.2) is 39.5 Å². The van der Waals surface area contributed by atoms with Crippen molar-refractivity contribution in [1.82, 2.24) is 30.5 Å². The Labute approximate surface area is 451 Å². The van der Waals surface area contributed by atoms with Crippen molar-refractivity contribution in [3.63, 3.8) is 0 Å². The highest BCUT2D eigenvalue weighted by molar-refractivity contribution is 7.92. The summed E-state index contributed by atoms with van der Waals surface area (Å²) >= 11 is 1.06. The zero-order chi connectivity index (χ0) is 55.9. The lowest BCUT2D eigenvalue weighted by Gasteiger charge is -2.31. The number of cyclic esters (lactones) is 1. The average molecular weight is 1120 g/mol. The van der Waals surface area contributed by atoms with Gasteiger partial charge in [0, 0.05) is 48.2 Å². The van der Waals surface area contributed by atoms with Crippen molar-refractivity contribution < 1.29 is 75.0 Å². The van der Waals surface area contributed by atoms with Crippen LogP contribution in [0.1, 0.15) is 69.2 Å². The molecule has 0 saturated carbocycles. The summed E-state index contributed by atoms with van der Waals surface area (Å²) in [5.74, 6) is -3.58. The number of sulfone groups is 1. The van der Waals surface area contributed by atoms with E-state index in [2.05, 4.69) is 26.3 Å². The van der Waals surface area contributed by atoms with Gasteiger partial charge in [-0.15, -0.1) is 11.3 Å². The van der Waals surface area contributed by atoms with Crippen LogP contribution in [-0.4, -0.2) is 149 Å². The molecule has 4 amide bonds. The molecule has 0 radical (unpaired) electrons. The number of nitrogens with zero attached hydrogens (tertiary/aromatic N) is 3. The van der Waals surface area contributed by atoms with Crippen LogP contribution in [0.2, 0.25) is 0 Å². The van der Waals surface area contributed by atoms with Crippen LogP contribution in [0.5, 0.6) is 11.5 Å². The zero-order valence-electron chi connectivity index (χ0n) is 43.7. The van der Waals surface area contributed by atoms with Crippen LogP contribution < -0.4 is 36.3 Å². The summed E-state index contributed by atoms with van der Waals surface area (Å²) in [6.45, 7) is 8.93. The van der Waals surface area contributed by atoms with Crippen LogP contribution in [0.25, 0.3) is 32.5 Å². The van der Waals surface area contributed by atoms with Gasteiger partial charge >= 0.3 is 5.97 Å². The van der Waals surface area contributed by atoms with Crippen LogP contribution in [0, 0.1) is 11.7 Å². The maximum absolute atomic E-state index is 16.0. The van der Waals surface area contributed by atoms with Gasteiger partial charge in [0.15, 0.2) is 17.2 Å². The largest absolute Gasteiger partial charge is 0.493 e. The van der Waals surface area contributed by atoms with Crippen molar-refractivity contribution in [2.75, 3.05) is 84.2 Å². The van der Waals surface area contributed by atoms with Gasteiger partial charge in [-0.2, -0.15) is 0 Å². The van der Waals surface area contributed by atoms with E-state index in [-0.39, 0.29) is 116 Å². The second kappa shape index (κ2) is 25.0. The van der Waals surface area contributed by atoms with Gasteiger partial charge in [0.2, 0.25) is 37.8 Å². The fourth-order valence-corrected chi connectivity index (χ4v) is 11.0. The number of esters is 1. The molecular weight excluding hydrogens is 1060 g/mol. The molecule has 23 nitrogen and oxygen atoms in total. The van der Waals surface area contributed by atoms with Crippen LogP contribution >= 0.6 is 11.3 Å². The normalized spacial score (nSPS) is 16.2. The molecule has 3 aromatic heterocycles. The van der Waals surface area contributed by atoms with E-state index in [1.807, 2.05) is 0 Å². The molecule has 0 bridgehead atoms. The van der Waals surface area contributed by atoms with Crippen LogP contribution in [0.4, 0.5) is 10.1 Å². The minimum Gasteiger partial charge on any atom is -0.493 e. The first-order valence-electron chi connectivity index (χ1n) is 25.5. The van der Waals surface area contributed by atoms with Gasteiger partial charge in [-0.05, 0) is 49.1 Å². The molecule has 26 heteroatoms. The van der Waals surface area contributed by atoms with Crippen LogP contribution in [-0.2, 0) is 82.7 Å². The Balaban J connectivity index is 0.695. The summed E-state index contributed by atoms with van der Waals surface area (Å²) in [6, 6.07) is 5.58. The highest BCUT2D eigenvalue weighted by atomic mass is 32.2. The number of pyridine rings is 2. The Morgan fingerprint density at radius 1 is 0.846 bits per heavy atom. The molecule has 5 aromatic rings. The molecule has 0 fully saturated rings.